The third-order valence-electron chi connectivity index (χ3n) is 6.49. The Kier molecular flexibility index (Phi) is 9.56. The van der Waals surface area contributed by atoms with E-state index in [0.29, 0.717) is 0 Å². The van der Waals surface area contributed by atoms with E-state index in [9.17, 15) is 27.6 Å². The molecule has 1 aromatic heterocycles. The van der Waals surface area contributed by atoms with Crippen LogP contribution in [-0.2, 0) is 25.2 Å². The number of alkyl halides is 3. The highest BCUT2D eigenvalue weighted by Crippen LogP contribution is 2.38. The van der Waals surface area contributed by atoms with Gasteiger partial charge in [-0.05, 0) is 32.3 Å². The number of hydrogen-bond donors (Lipinski definition) is 1. The number of rotatable bonds is 7. The number of carbonyl (C=O) groups is 3. The molecular formula is C28H37F3N4O8. The van der Waals surface area contributed by atoms with Crippen molar-refractivity contribution in [2.24, 2.45) is 5.41 Å². The van der Waals surface area contributed by atoms with E-state index in [1.165, 1.54) is 31.3 Å². The standard InChI is InChI=1S/C28H37F3N4O8/c1-26(2,3)20(33-25(38)43-27(4,5)6)22(36)35-13-14(10-17(35)23(37)41-9)42-21-15-11-18(39-7)19(40-8)12-16(15)32-24(34-21)28(29,30)31/h11-12,14,17,20H,10,13H2,1-9H3,(H,33,38)/t14-,17+,20-/m1/s1. The molecule has 3 atom stereocenters. The highest BCUT2D eigenvalue weighted by molar-refractivity contribution is 5.91. The van der Waals surface area contributed by atoms with Crippen LogP contribution in [0.2, 0.25) is 0 Å². The first-order valence-electron chi connectivity index (χ1n) is 13.3. The largest absolute Gasteiger partial charge is 0.493 e. The lowest BCUT2D eigenvalue weighted by Gasteiger charge is -2.35. The second-order valence-corrected chi connectivity index (χ2v) is 12.0. The Morgan fingerprint density at radius 2 is 1.58 bits per heavy atom. The number of alkyl carbamates (subject to hydrolysis) is 1. The second-order valence-electron chi connectivity index (χ2n) is 12.0. The number of carbonyl (C=O) groups excluding carboxylic acids is 3. The Hall–Kier alpha value is -4.04. The Labute approximate surface area is 247 Å². The number of halogens is 3. The van der Waals surface area contributed by atoms with Crippen molar-refractivity contribution in [3.8, 4) is 17.4 Å². The summed E-state index contributed by atoms with van der Waals surface area (Å²) < 4.78 is 67.9. The van der Waals surface area contributed by atoms with Gasteiger partial charge in [0.2, 0.25) is 17.6 Å². The van der Waals surface area contributed by atoms with Gasteiger partial charge in [0.05, 0.1) is 38.8 Å². The molecule has 1 saturated heterocycles. The van der Waals surface area contributed by atoms with Crippen LogP contribution in [0.3, 0.4) is 0 Å². The van der Waals surface area contributed by atoms with Crippen LogP contribution >= 0.6 is 0 Å². The van der Waals surface area contributed by atoms with Crippen molar-refractivity contribution in [1.82, 2.24) is 20.2 Å². The molecule has 1 aliphatic rings. The lowest BCUT2D eigenvalue weighted by molar-refractivity contribution is -0.152. The molecule has 238 valence electrons. The number of amides is 2. The summed E-state index contributed by atoms with van der Waals surface area (Å²) in [5.74, 6) is -2.94. The van der Waals surface area contributed by atoms with Gasteiger partial charge in [0.15, 0.2) is 11.5 Å². The first kappa shape index (κ1) is 33.5. The van der Waals surface area contributed by atoms with Crippen LogP contribution in [0.25, 0.3) is 10.9 Å². The van der Waals surface area contributed by atoms with Crippen molar-refractivity contribution >= 4 is 28.9 Å². The van der Waals surface area contributed by atoms with Crippen LogP contribution < -0.4 is 19.5 Å². The highest BCUT2D eigenvalue weighted by atomic mass is 19.4. The van der Waals surface area contributed by atoms with E-state index in [2.05, 4.69) is 15.3 Å². The van der Waals surface area contributed by atoms with Crippen molar-refractivity contribution < 1.29 is 51.2 Å². The molecule has 1 aromatic carbocycles. The average molecular weight is 615 g/mol. The molecule has 0 aliphatic carbocycles. The second kappa shape index (κ2) is 12.3. The van der Waals surface area contributed by atoms with Crippen LogP contribution in [-0.4, -0.2) is 84.5 Å². The van der Waals surface area contributed by atoms with Gasteiger partial charge >= 0.3 is 18.2 Å². The Morgan fingerprint density at radius 3 is 2.09 bits per heavy atom. The summed E-state index contributed by atoms with van der Waals surface area (Å²) >= 11 is 0. The number of methoxy groups -OCH3 is 3. The van der Waals surface area contributed by atoms with E-state index in [0.717, 1.165) is 7.11 Å². The zero-order valence-electron chi connectivity index (χ0n) is 25.5. The SMILES string of the molecule is COC(=O)[C@@H]1C[C@@H](Oc2nc(C(F)(F)F)nc3cc(OC)c(OC)cc23)CN1C(=O)[C@@H](NC(=O)OC(C)(C)C)C(C)(C)C. The number of likely N-dealkylation sites (tertiary alicyclic amines) is 1. The summed E-state index contributed by atoms with van der Waals surface area (Å²) in [7, 11) is 3.83. The molecule has 0 radical (unpaired) electrons. The lowest BCUT2D eigenvalue weighted by atomic mass is 9.85. The molecule has 0 bridgehead atoms. The van der Waals surface area contributed by atoms with Gasteiger partial charge in [-0.3, -0.25) is 4.79 Å². The van der Waals surface area contributed by atoms with Crippen LogP contribution in [0, 0.1) is 5.41 Å². The normalized spacial score (nSPS) is 18.2. The van der Waals surface area contributed by atoms with Crippen LogP contribution in [0.1, 0.15) is 53.8 Å². The topological polar surface area (TPSA) is 138 Å². The minimum atomic E-state index is -4.90. The predicted octanol–water partition coefficient (Wildman–Crippen LogP) is 4.13. The number of aromatic nitrogens is 2. The van der Waals surface area contributed by atoms with E-state index in [4.69, 9.17) is 23.7 Å². The fourth-order valence-electron chi connectivity index (χ4n) is 4.53. The zero-order valence-corrected chi connectivity index (χ0v) is 25.5. The monoisotopic (exact) mass is 614 g/mol. The third-order valence-corrected chi connectivity index (χ3v) is 6.49. The van der Waals surface area contributed by atoms with Gasteiger partial charge in [-0.25, -0.2) is 14.6 Å². The van der Waals surface area contributed by atoms with Crippen molar-refractivity contribution in [2.45, 2.75) is 77.9 Å². The van der Waals surface area contributed by atoms with Gasteiger partial charge < -0.3 is 33.9 Å². The molecule has 1 aliphatic heterocycles. The molecule has 2 aromatic rings. The number of hydrogen-bond acceptors (Lipinski definition) is 10. The zero-order chi connectivity index (χ0) is 32.5. The Balaban J connectivity index is 2.01. The molecule has 43 heavy (non-hydrogen) atoms. The molecule has 12 nitrogen and oxygen atoms in total. The van der Waals surface area contributed by atoms with Crippen molar-refractivity contribution in [3.63, 3.8) is 0 Å². The van der Waals surface area contributed by atoms with Gasteiger partial charge in [-0.15, -0.1) is 0 Å². The molecule has 1 fully saturated rings. The van der Waals surface area contributed by atoms with E-state index in [1.807, 2.05) is 0 Å². The Morgan fingerprint density at radius 1 is 0.977 bits per heavy atom. The minimum Gasteiger partial charge on any atom is -0.493 e. The smallest absolute Gasteiger partial charge is 0.451 e. The summed E-state index contributed by atoms with van der Waals surface area (Å²) in [4.78, 5) is 47.7. The molecule has 0 spiro atoms. The van der Waals surface area contributed by atoms with Gasteiger partial charge in [-0.2, -0.15) is 18.2 Å². The van der Waals surface area contributed by atoms with Crippen LogP contribution in [0.4, 0.5) is 18.0 Å². The van der Waals surface area contributed by atoms with Crippen LogP contribution in [0.15, 0.2) is 12.1 Å². The number of ether oxygens (including phenoxy) is 5. The molecule has 0 saturated carbocycles. The number of nitrogens with zero attached hydrogens (tertiary/aromatic N) is 3. The fraction of sp³-hybridized carbons (Fsp3) is 0.607. The van der Waals surface area contributed by atoms with E-state index in [-0.39, 0.29) is 35.4 Å². The van der Waals surface area contributed by atoms with E-state index in [1.54, 1.807) is 41.5 Å². The third kappa shape index (κ3) is 7.87. The average Bonchev–Trinajstić information content (AvgIpc) is 3.31. The number of nitrogens with one attached hydrogen (secondary N) is 1. The molecule has 3 rings (SSSR count). The van der Waals surface area contributed by atoms with Crippen molar-refractivity contribution in [2.75, 3.05) is 27.9 Å². The lowest BCUT2D eigenvalue weighted by Crippen LogP contribution is -2.57. The van der Waals surface area contributed by atoms with Crippen molar-refractivity contribution in [1.29, 1.82) is 0 Å². The molecule has 0 unspecified atom stereocenters. The molecular weight excluding hydrogens is 577 g/mol. The van der Waals surface area contributed by atoms with E-state index >= 15 is 0 Å². The number of fused-ring (bicyclic) bond motifs is 1. The van der Waals surface area contributed by atoms with Gasteiger partial charge in [0, 0.05) is 12.5 Å². The first-order chi connectivity index (χ1) is 19.8. The summed E-state index contributed by atoms with van der Waals surface area (Å²) in [6, 6.07) is 0.342. The minimum absolute atomic E-state index is 0.0872. The summed E-state index contributed by atoms with van der Waals surface area (Å²) in [6.45, 7) is 9.95. The van der Waals surface area contributed by atoms with Crippen molar-refractivity contribution in [3.05, 3.63) is 18.0 Å². The maximum Gasteiger partial charge on any atom is 0.451 e. The van der Waals surface area contributed by atoms with Gasteiger partial charge in [0.25, 0.3) is 0 Å². The summed E-state index contributed by atoms with van der Waals surface area (Å²) in [5.41, 5.74) is -1.79. The van der Waals surface area contributed by atoms with E-state index < -0.39 is 65.1 Å². The van der Waals surface area contributed by atoms with Crippen LogP contribution in [0.5, 0.6) is 17.4 Å². The quantitative estimate of drug-likeness (QED) is 0.453. The first-order valence-corrected chi connectivity index (χ1v) is 13.3. The molecule has 1 N–H and O–H groups in total. The fourth-order valence-corrected chi connectivity index (χ4v) is 4.53. The molecule has 2 amide bonds. The Bertz CT molecular complexity index is 1370. The number of benzene rings is 1. The number of esters is 1. The predicted molar refractivity (Wildman–Crippen MR) is 147 cm³/mol. The van der Waals surface area contributed by atoms with Gasteiger partial charge in [0.1, 0.15) is 23.8 Å². The maximum atomic E-state index is 13.9. The maximum absolute atomic E-state index is 13.9. The van der Waals surface area contributed by atoms with Gasteiger partial charge in [-0.1, -0.05) is 20.8 Å². The molecule has 2 heterocycles. The highest BCUT2D eigenvalue weighted by Gasteiger charge is 2.47. The molecule has 15 heteroatoms. The summed E-state index contributed by atoms with van der Waals surface area (Å²) in [6.07, 6.45) is -6.85. The summed E-state index contributed by atoms with van der Waals surface area (Å²) in [5, 5.41) is 2.67.